The summed E-state index contributed by atoms with van der Waals surface area (Å²) in [4.78, 5) is 14.5. The Hall–Kier alpha value is -1.52. The second kappa shape index (κ2) is 6.71. The highest BCUT2D eigenvalue weighted by molar-refractivity contribution is 9.08. The van der Waals surface area contributed by atoms with Crippen molar-refractivity contribution in [1.29, 1.82) is 0 Å². The quantitative estimate of drug-likeness (QED) is 0.438. The molecule has 0 aliphatic carbocycles. The molecular weight excluding hydrogens is 388 g/mol. The summed E-state index contributed by atoms with van der Waals surface area (Å²) in [5.74, 6) is -2.69. The molecule has 0 radical (unpaired) electrons. The number of aromatic nitrogens is 1. The van der Waals surface area contributed by atoms with Crippen molar-refractivity contribution in [2.45, 2.75) is 24.8 Å². The molecule has 0 unspecified atom stereocenters. The van der Waals surface area contributed by atoms with Crippen LogP contribution in [0.1, 0.15) is 28.5 Å². The molecule has 4 nitrogen and oxygen atoms in total. The molecule has 0 aromatic carbocycles. The van der Waals surface area contributed by atoms with Crippen LogP contribution in [-0.2, 0) is 16.2 Å². The molecular formula is C11H8BrF6NO3. The highest BCUT2D eigenvalue weighted by Crippen LogP contribution is 2.41. The Kier molecular flexibility index (Phi) is 5.65. The lowest BCUT2D eigenvalue weighted by Gasteiger charge is -2.18. The van der Waals surface area contributed by atoms with Crippen LogP contribution in [0.2, 0.25) is 0 Å². The van der Waals surface area contributed by atoms with E-state index in [-0.39, 0.29) is 6.61 Å². The van der Waals surface area contributed by atoms with E-state index in [1.54, 1.807) is 0 Å². The van der Waals surface area contributed by atoms with E-state index in [0.717, 1.165) is 0 Å². The SMILES string of the molecule is CCOC(=O)c1cnc(C(F)(F)F)c(OC(F)(F)F)c1CBr. The summed E-state index contributed by atoms with van der Waals surface area (Å²) in [6.07, 6.45) is -10.1. The zero-order valence-electron chi connectivity index (χ0n) is 10.8. The summed E-state index contributed by atoms with van der Waals surface area (Å²) >= 11 is 2.74. The molecule has 22 heavy (non-hydrogen) atoms. The van der Waals surface area contributed by atoms with Gasteiger partial charge >= 0.3 is 18.5 Å². The van der Waals surface area contributed by atoms with Crippen molar-refractivity contribution in [3.05, 3.63) is 23.0 Å². The van der Waals surface area contributed by atoms with Crippen LogP contribution < -0.4 is 4.74 Å². The van der Waals surface area contributed by atoms with Gasteiger partial charge < -0.3 is 9.47 Å². The number of rotatable bonds is 4. The van der Waals surface area contributed by atoms with Crippen LogP contribution in [-0.4, -0.2) is 23.9 Å². The number of halogens is 7. The molecule has 0 saturated heterocycles. The molecule has 0 N–H and O–H groups in total. The van der Waals surface area contributed by atoms with E-state index in [2.05, 4.69) is 30.4 Å². The molecule has 1 aromatic heterocycles. The molecule has 0 saturated carbocycles. The monoisotopic (exact) mass is 395 g/mol. The Labute approximate surface area is 128 Å². The zero-order chi connectivity index (χ0) is 17.1. The Morgan fingerprint density at radius 3 is 2.27 bits per heavy atom. The first kappa shape index (κ1) is 18.5. The van der Waals surface area contributed by atoms with E-state index in [1.807, 2.05) is 0 Å². The average Bonchev–Trinajstić information content (AvgIpc) is 2.35. The first-order valence-corrected chi connectivity index (χ1v) is 6.71. The average molecular weight is 396 g/mol. The number of hydrogen-bond acceptors (Lipinski definition) is 4. The van der Waals surface area contributed by atoms with E-state index < -0.39 is 46.4 Å². The van der Waals surface area contributed by atoms with E-state index in [4.69, 9.17) is 0 Å². The number of carbonyl (C=O) groups excluding carboxylic acids is 1. The van der Waals surface area contributed by atoms with Crippen LogP contribution in [0.5, 0.6) is 5.75 Å². The molecule has 0 amide bonds. The Bertz CT molecular complexity index is 558. The van der Waals surface area contributed by atoms with E-state index in [0.29, 0.717) is 6.20 Å². The van der Waals surface area contributed by atoms with Gasteiger partial charge in [-0.3, -0.25) is 0 Å². The minimum Gasteiger partial charge on any atom is -0.462 e. The first-order chi connectivity index (χ1) is 10.0. The van der Waals surface area contributed by atoms with Gasteiger partial charge in [-0.1, -0.05) is 15.9 Å². The number of ether oxygens (including phenoxy) is 2. The summed E-state index contributed by atoms with van der Waals surface area (Å²) in [6.45, 7) is 1.31. The maximum atomic E-state index is 12.8. The fourth-order valence-corrected chi connectivity index (χ4v) is 2.03. The normalized spacial score (nSPS) is 12.2. The summed E-state index contributed by atoms with van der Waals surface area (Å²) in [7, 11) is 0. The van der Waals surface area contributed by atoms with Crippen LogP contribution in [0.4, 0.5) is 26.3 Å². The van der Waals surface area contributed by atoms with Gasteiger partial charge in [-0.15, -0.1) is 13.2 Å². The van der Waals surface area contributed by atoms with Crippen molar-refractivity contribution in [2.24, 2.45) is 0 Å². The minimum atomic E-state index is -5.38. The number of nitrogens with zero attached hydrogens (tertiary/aromatic N) is 1. The third-order valence-corrected chi connectivity index (χ3v) is 2.81. The largest absolute Gasteiger partial charge is 0.573 e. The molecule has 0 atom stereocenters. The van der Waals surface area contributed by atoms with Gasteiger partial charge in [0.25, 0.3) is 0 Å². The molecule has 0 bridgehead atoms. The lowest BCUT2D eigenvalue weighted by molar-refractivity contribution is -0.276. The molecule has 1 heterocycles. The molecule has 0 spiro atoms. The van der Waals surface area contributed by atoms with Gasteiger partial charge in [0.15, 0.2) is 11.4 Å². The summed E-state index contributed by atoms with van der Waals surface area (Å²) < 4.78 is 83.4. The topological polar surface area (TPSA) is 48.4 Å². The second-order valence-electron chi connectivity index (χ2n) is 3.73. The van der Waals surface area contributed by atoms with E-state index >= 15 is 0 Å². The van der Waals surface area contributed by atoms with Gasteiger partial charge in [-0.2, -0.15) is 13.2 Å². The highest BCUT2D eigenvalue weighted by Gasteiger charge is 2.43. The predicted octanol–water partition coefficient (Wildman–Crippen LogP) is 4.07. The molecule has 0 aliphatic rings. The minimum absolute atomic E-state index is 0.114. The van der Waals surface area contributed by atoms with Crippen LogP contribution in [0.3, 0.4) is 0 Å². The van der Waals surface area contributed by atoms with Crippen molar-refractivity contribution >= 4 is 21.9 Å². The van der Waals surface area contributed by atoms with Crippen LogP contribution in [0.15, 0.2) is 6.20 Å². The van der Waals surface area contributed by atoms with Gasteiger partial charge in [0.2, 0.25) is 0 Å². The summed E-state index contributed by atoms with van der Waals surface area (Å²) in [5, 5.41) is -0.502. The van der Waals surface area contributed by atoms with E-state index in [9.17, 15) is 31.1 Å². The van der Waals surface area contributed by atoms with Crippen LogP contribution >= 0.6 is 15.9 Å². The van der Waals surface area contributed by atoms with E-state index in [1.165, 1.54) is 6.92 Å². The maximum Gasteiger partial charge on any atom is 0.573 e. The second-order valence-corrected chi connectivity index (χ2v) is 4.29. The molecule has 124 valence electrons. The summed E-state index contributed by atoms with van der Waals surface area (Å²) in [5.41, 5.74) is -3.09. The summed E-state index contributed by atoms with van der Waals surface area (Å²) in [6, 6.07) is 0. The number of alkyl halides is 7. The number of carbonyl (C=O) groups is 1. The van der Waals surface area contributed by atoms with Gasteiger partial charge in [0.05, 0.1) is 12.2 Å². The van der Waals surface area contributed by atoms with Gasteiger partial charge in [0.1, 0.15) is 0 Å². The number of pyridine rings is 1. The van der Waals surface area contributed by atoms with Crippen LogP contribution in [0, 0.1) is 0 Å². The third kappa shape index (κ3) is 4.49. The predicted molar refractivity (Wildman–Crippen MR) is 64.5 cm³/mol. The standard InChI is InChI=1S/C11H8BrF6NO3/c1-2-21-9(20)6-4-19-8(10(13,14)15)7(5(6)3-12)22-11(16,17)18/h4H,2-3H2,1H3. The van der Waals surface area contributed by atoms with Gasteiger partial charge in [-0.05, 0) is 6.92 Å². The Balaban J connectivity index is 3.55. The zero-order valence-corrected chi connectivity index (χ0v) is 12.4. The lowest BCUT2D eigenvalue weighted by Crippen LogP contribution is -2.23. The number of esters is 1. The maximum absolute atomic E-state index is 12.8. The van der Waals surface area contributed by atoms with Crippen molar-refractivity contribution < 1.29 is 40.6 Å². The van der Waals surface area contributed by atoms with Crippen molar-refractivity contribution in [3.8, 4) is 5.75 Å². The first-order valence-electron chi connectivity index (χ1n) is 5.59. The third-order valence-electron chi connectivity index (χ3n) is 2.25. The fourth-order valence-electron chi connectivity index (χ4n) is 1.48. The van der Waals surface area contributed by atoms with Gasteiger partial charge in [-0.25, -0.2) is 9.78 Å². The van der Waals surface area contributed by atoms with Crippen molar-refractivity contribution in [3.63, 3.8) is 0 Å². The van der Waals surface area contributed by atoms with Gasteiger partial charge in [0, 0.05) is 17.1 Å². The molecule has 0 fully saturated rings. The number of hydrogen-bond donors (Lipinski definition) is 0. The molecule has 0 aliphatic heterocycles. The smallest absolute Gasteiger partial charge is 0.462 e. The molecule has 1 aromatic rings. The Morgan fingerprint density at radius 2 is 1.86 bits per heavy atom. The molecule has 1 rings (SSSR count). The highest BCUT2D eigenvalue weighted by atomic mass is 79.9. The lowest BCUT2D eigenvalue weighted by atomic mass is 10.1. The fraction of sp³-hybridized carbons (Fsp3) is 0.455. The molecule has 11 heteroatoms. The Morgan fingerprint density at radius 1 is 1.27 bits per heavy atom. The van der Waals surface area contributed by atoms with Crippen molar-refractivity contribution in [2.75, 3.05) is 6.61 Å². The van der Waals surface area contributed by atoms with Crippen LogP contribution in [0.25, 0.3) is 0 Å². The van der Waals surface area contributed by atoms with Crippen molar-refractivity contribution in [1.82, 2.24) is 4.98 Å².